The summed E-state index contributed by atoms with van der Waals surface area (Å²) < 4.78 is -0.0353. The normalized spacial score (nSPS) is 12.2. The highest BCUT2D eigenvalue weighted by Crippen LogP contribution is 2.32. The minimum atomic E-state index is -0.0353. The van der Waals surface area contributed by atoms with Crippen LogP contribution in [0.4, 0.5) is 0 Å². The number of nitrogens with one attached hydrogen (secondary N) is 1. The van der Waals surface area contributed by atoms with Crippen LogP contribution >= 0.6 is 11.8 Å². The van der Waals surface area contributed by atoms with Gasteiger partial charge in [0.05, 0.1) is 6.33 Å². The van der Waals surface area contributed by atoms with E-state index in [1.54, 1.807) is 18.1 Å². The Morgan fingerprint density at radius 1 is 1.40 bits per heavy atom. The van der Waals surface area contributed by atoms with Gasteiger partial charge in [-0.25, -0.2) is 15.0 Å². The zero-order valence-electron chi connectivity index (χ0n) is 8.69. The fourth-order valence-corrected chi connectivity index (χ4v) is 2.08. The smallest absolute Gasteiger partial charge is 0.181 e. The molecule has 0 bridgehead atoms. The number of thioether (sulfide) groups is 1. The Morgan fingerprint density at radius 3 is 2.93 bits per heavy atom. The van der Waals surface area contributed by atoms with E-state index in [4.69, 9.17) is 5.73 Å². The third-order valence-electron chi connectivity index (χ3n) is 2.05. The Bertz CT molecular complexity index is 464. The highest BCUT2D eigenvalue weighted by Gasteiger charge is 2.20. The summed E-state index contributed by atoms with van der Waals surface area (Å²) >= 11 is 1.63. The third-order valence-corrected chi connectivity index (χ3v) is 3.27. The minimum absolute atomic E-state index is 0.0353. The van der Waals surface area contributed by atoms with Gasteiger partial charge in [0.15, 0.2) is 5.65 Å². The number of nitrogens with zero attached hydrogens (tertiary/aromatic N) is 3. The molecule has 0 saturated heterocycles. The van der Waals surface area contributed by atoms with Crippen LogP contribution < -0.4 is 5.73 Å². The first kappa shape index (κ1) is 10.4. The number of hydrogen-bond donors (Lipinski definition) is 2. The van der Waals surface area contributed by atoms with E-state index in [0.29, 0.717) is 12.2 Å². The Morgan fingerprint density at radius 2 is 2.20 bits per heavy atom. The van der Waals surface area contributed by atoms with Crippen molar-refractivity contribution in [3.8, 4) is 0 Å². The van der Waals surface area contributed by atoms with Crippen LogP contribution in [-0.4, -0.2) is 31.2 Å². The Balaban J connectivity index is 2.39. The van der Waals surface area contributed by atoms with Crippen molar-refractivity contribution in [2.24, 2.45) is 5.73 Å². The predicted molar refractivity (Wildman–Crippen MR) is 60.7 cm³/mol. The third kappa shape index (κ3) is 2.10. The van der Waals surface area contributed by atoms with Gasteiger partial charge in [0.2, 0.25) is 0 Å². The second-order valence-corrected chi connectivity index (χ2v) is 5.54. The lowest BCUT2D eigenvalue weighted by atomic mass is 10.2. The first-order chi connectivity index (χ1) is 7.12. The lowest BCUT2D eigenvalue weighted by Crippen LogP contribution is -2.26. The first-order valence-electron chi connectivity index (χ1n) is 4.65. The van der Waals surface area contributed by atoms with Gasteiger partial charge in [0, 0.05) is 11.3 Å². The number of fused-ring (bicyclic) bond motifs is 1. The van der Waals surface area contributed by atoms with Crippen LogP contribution in [0.2, 0.25) is 0 Å². The molecule has 0 aromatic carbocycles. The predicted octanol–water partition coefficient (Wildman–Crippen LogP) is 1.18. The van der Waals surface area contributed by atoms with E-state index >= 15 is 0 Å². The van der Waals surface area contributed by atoms with Crippen LogP contribution in [0.5, 0.6) is 0 Å². The SMILES string of the molecule is CC(C)(CN)Sc1ncnc2nc[nH]c12. The summed E-state index contributed by atoms with van der Waals surface area (Å²) in [5, 5.41) is 0.896. The number of imidazole rings is 1. The van der Waals surface area contributed by atoms with Crippen molar-refractivity contribution in [1.82, 2.24) is 19.9 Å². The second kappa shape index (κ2) is 3.79. The van der Waals surface area contributed by atoms with Gasteiger partial charge in [-0.2, -0.15) is 0 Å². The number of aromatic nitrogens is 4. The van der Waals surface area contributed by atoms with Gasteiger partial charge in [-0.3, -0.25) is 0 Å². The molecular formula is C9H13N5S. The van der Waals surface area contributed by atoms with Crippen molar-refractivity contribution < 1.29 is 0 Å². The molecule has 0 unspecified atom stereocenters. The fraction of sp³-hybridized carbons (Fsp3) is 0.444. The zero-order chi connectivity index (χ0) is 10.9. The number of hydrogen-bond acceptors (Lipinski definition) is 5. The number of H-pyrrole nitrogens is 1. The Labute approximate surface area is 91.9 Å². The lowest BCUT2D eigenvalue weighted by Gasteiger charge is -2.20. The van der Waals surface area contributed by atoms with E-state index < -0.39 is 0 Å². The topological polar surface area (TPSA) is 80.5 Å². The minimum Gasteiger partial charge on any atom is -0.341 e. The zero-order valence-corrected chi connectivity index (χ0v) is 9.51. The van der Waals surface area contributed by atoms with Crippen LogP contribution in [0, 0.1) is 0 Å². The maximum atomic E-state index is 5.68. The monoisotopic (exact) mass is 223 g/mol. The summed E-state index contributed by atoms with van der Waals surface area (Å²) in [4.78, 5) is 15.4. The van der Waals surface area contributed by atoms with Gasteiger partial charge >= 0.3 is 0 Å². The Hall–Kier alpha value is -1.14. The van der Waals surface area contributed by atoms with E-state index in [2.05, 4.69) is 33.8 Å². The molecule has 2 aromatic heterocycles. The van der Waals surface area contributed by atoms with Crippen molar-refractivity contribution in [3.63, 3.8) is 0 Å². The molecule has 0 aliphatic heterocycles. The van der Waals surface area contributed by atoms with Gasteiger partial charge in [0.25, 0.3) is 0 Å². The maximum absolute atomic E-state index is 5.68. The summed E-state index contributed by atoms with van der Waals surface area (Å²) in [6, 6.07) is 0. The van der Waals surface area contributed by atoms with E-state index in [-0.39, 0.29) is 4.75 Å². The van der Waals surface area contributed by atoms with Crippen LogP contribution in [0.15, 0.2) is 17.7 Å². The van der Waals surface area contributed by atoms with Gasteiger partial charge in [-0.1, -0.05) is 11.8 Å². The summed E-state index contributed by atoms with van der Waals surface area (Å²) in [5.74, 6) is 0. The molecule has 0 atom stereocenters. The quantitative estimate of drug-likeness (QED) is 0.603. The molecule has 0 amide bonds. The number of aromatic amines is 1. The van der Waals surface area contributed by atoms with Crippen LogP contribution in [-0.2, 0) is 0 Å². The van der Waals surface area contributed by atoms with Crippen molar-refractivity contribution in [2.45, 2.75) is 23.6 Å². The fourth-order valence-electron chi connectivity index (χ4n) is 1.12. The van der Waals surface area contributed by atoms with Crippen molar-refractivity contribution in [2.75, 3.05) is 6.54 Å². The molecule has 2 aromatic rings. The van der Waals surface area contributed by atoms with E-state index in [9.17, 15) is 0 Å². The molecule has 3 N–H and O–H groups in total. The van der Waals surface area contributed by atoms with Gasteiger partial charge in [0.1, 0.15) is 16.9 Å². The van der Waals surface area contributed by atoms with E-state index in [0.717, 1.165) is 10.5 Å². The molecule has 2 heterocycles. The largest absolute Gasteiger partial charge is 0.341 e. The maximum Gasteiger partial charge on any atom is 0.181 e. The molecule has 0 fully saturated rings. The van der Waals surface area contributed by atoms with Crippen LogP contribution in [0.25, 0.3) is 11.2 Å². The molecular weight excluding hydrogens is 210 g/mol. The molecule has 0 saturated carbocycles. The lowest BCUT2D eigenvalue weighted by molar-refractivity contribution is 0.721. The van der Waals surface area contributed by atoms with Gasteiger partial charge in [-0.15, -0.1) is 0 Å². The van der Waals surface area contributed by atoms with E-state index in [1.807, 2.05) is 0 Å². The standard InChI is InChI=1S/C9H13N5S/c1-9(2,3-10)15-8-6-7(12-4-11-6)13-5-14-8/h4-5H,3,10H2,1-2H3,(H,11,12,13,14). The van der Waals surface area contributed by atoms with Gasteiger partial charge in [-0.05, 0) is 13.8 Å². The van der Waals surface area contributed by atoms with Gasteiger partial charge < -0.3 is 10.7 Å². The van der Waals surface area contributed by atoms with Crippen molar-refractivity contribution in [3.05, 3.63) is 12.7 Å². The second-order valence-electron chi connectivity index (χ2n) is 3.85. The molecule has 0 aliphatic rings. The Kier molecular flexibility index (Phi) is 2.62. The summed E-state index contributed by atoms with van der Waals surface area (Å²) in [6.07, 6.45) is 3.15. The van der Waals surface area contributed by atoms with Crippen molar-refractivity contribution in [1.29, 1.82) is 0 Å². The molecule has 0 aliphatic carbocycles. The summed E-state index contributed by atoms with van der Waals surface area (Å²) in [5.41, 5.74) is 7.26. The molecule has 15 heavy (non-hydrogen) atoms. The first-order valence-corrected chi connectivity index (χ1v) is 5.47. The average Bonchev–Trinajstić information content (AvgIpc) is 2.66. The van der Waals surface area contributed by atoms with Crippen LogP contribution in [0.3, 0.4) is 0 Å². The number of nitrogens with two attached hydrogens (primary N) is 1. The summed E-state index contributed by atoms with van der Waals surface area (Å²) in [7, 11) is 0. The number of rotatable bonds is 3. The molecule has 2 rings (SSSR count). The molecule has 0 radical (unpaired) electrons. The highest BCUT2D eigenvalue weighted by molar-refractivity contribution is 8.00. The summed E-state index contributed by atoms with van der Waals surface area (Å²) in [6.45, 7) is 4.77. The van der Waals surface area contributed by atoms with E-state index in [1.165, 1.54) is 6.33 Å². The molecule has 0 spiro atoms. The van der Waals surface area contributed by atoms with Crippen molar-refractivity contribution >= 4 is 22.9 Å². The molecule has 80 valence electrons. The molecule has 5 nitrogen and oxygen atoms in total. The van der Waals surface area contributed by atoms with Crippen LogP contribution in [0.1, 0.15) is 13.8 Å². The average molecular weight is 223 g/mol. The highest BCUT2D eigenvalue weighted by atomic mass is 32.2. The molecule has 6 heteroatoms.